The van der Waals surface area contributed by atoms with Gasteiger partial charge in [-0.3, -0.25) is 0 Å². The van der Waals surface area contributed by atoms with Crippen molar-refractivity contribution >= 4 is 31.9 Å². The quantitative estimate of drug-likeness (QED) is 0.806. The minimum absolute atomic E-state index is 0.158. The van der Waals surface area contributed by atoms with E-state index >= 15 is 0 Å². The van der Waals surface area contributed by atoms with Gasteiger partial charge in [0.05, 0.1) is 7.05 Å². The molecule has 1 N–H and O–H groups in total. The van der Waals surface area contributed by atoms with E-state index in [0.29, 0.717) is 6.42 Å². The predicted molar refractivity (Wildman–Crippen MR) is 85.4 cm³/mol. The fourth-order valence-corrected chi connectivity index (χ4v) is 2.88. The molecular weight excluding hydrogens is 386 g/mol. The molecule has 0 amide bonds. The zero-order chi connectivity index (χ0) is 14.5. The molecule has 0 aliphatic carbocycles. The lowest BCUT2D eigenvalue weighted by molar-refractivity contribution is 0.515. The predicted octanol–water partition coefficient (Wildman–Crippen LogP) is 3.02. The van der Waals surface area contributed by atoms with Crippen molar-refractivity contribution in [1.29, 1.82) is 0 Å². The van der Waals surface area contributed by atoms with E-state index in [1.807, 2.05) is 12.1 Å². The first kappa shape index (κ1) is 15.6. The van der Waals surface area contributed by atoms with Gasteiger partial charge in [0.15, 0.2) is 5.82 Å². The molecule has 0 fully saturated rings. The molecule has 1 atom stereocenters. The number of hydrogen-bond donors (Lipinski definition) is 1. The van der Waals surface area contributed by atoms with Gasteiger partial charge >= 0.3 is 0 Å². The van der Waals surface area contributed by atoms with Crippen LogP contribution in [0.4, 0.5) is 0 Å². The lowest BCUT2D eigenvalue weighted by Gasteiger charge is -2.19. The summed E-state index contributed by atoms with van der Waals surface area (Å²) in [7, 11) is 1.78. The van der Waals surface area contributed by atoms with Crippen LogP contribution in [0.25, 0.3) is 0 Å². The molecule has 0 aliphatic heterocycles. The molecule has 0 radical (unpaired) electrons. The SMILES string of the molecule is CCCNC(Cc1nnn(C)n1)c1cc(Br)ccc1Br. The average Bonchev–Trinajstić information content (AvgIpc) is 2.83. The third-order valence-corrected chi connectivity index (χ3v) is 4.13. The van der Waals surface area contributed by atoms with Gasteiger partial charge in [-0.2, -0.15) is 4.80 Å². The number of nitrogens with zero attached hydrogens (tertiary/aromatic N) is 4. The van der Waals surface area contributed by atoms with E-state index < -0.39 is 0 Å². The summed E-state index contributed by atoms with van der Waals surface area (Å²) in [5.74, 6) is 0.743. The Morgan fingerprint density at radius 1 is 1.35 bits per heavy atom. The third kappa shape index (κ3) is 4.10. The maximum atomic E-state index is 4.26. The lowest BCUT2D eigenvalue weighted by Crippen LogP contribution is -2.25. The molecule has 108 valence electrons. The van der Waals surface area contributed by atoms with Crippen LogP contribution in [0, 0.1) is 0 Å². The van der Waals surface area contributed by atoms with E-state index in [0.717, 1.165) is 27.7 Å². The van der Waals surface area contributed by atoms with E-state index in [1.54, 1.807) is 7.05 Å². The highest BCUT2D eigenvalue weighted by Gasteiger charge is 2.17. The van der Waals surface area contributed by atoms with Crippen LogP contribution in [0.1, 0.15) is 30.8 Å². The molecule has 2 rings (SSSR count). The van der Waals surface area contributed by atoms with E-state index in [4.69, 9.17) is 0 Å². The van der Waals surface area contributed by atoms with Gasteiger partial charge in [-0.25, -0.2) is 0 Å². The summed E-state index contributed by atoms with van der Waals surface area (Å²) in [5, 5.41) is 15.8. The second-order valence-electron chi connectivity index (χ2n) is 4.57. The van der Waals surface area contributed by atoms with Crippen molar-refractivity contribution in [2.24, 2.45) is 7.05 Å². The molecule has 7 heteroatoms. The standard InChI is InChI=1S/C13H17Br2N5/c1-3-6-16-12(8-13-17-19-20(2)18-13)10-7-9(14)4-5-11(10)15/h4-5,7,12,16H,3,6,8H2,1-2H3. The van der Waals surface area contributed by atoms with Crippen LogP contribution in [0.5, 0.6) is 0 Å². The monoisotopic (exact) mass is 401 g/mol. The summed E-state index contributed by atoms with van der Waals surface area (Å²) >= 11 is 7.15. The van der Waals surface area contributed by atoms with Crippen molar-refractivity contribution in [2.45, 2.75) is 25.8 Å². The smallest absolute Gasteiger partial charge is 0.176 e. The Morgan fingerprint density at radius 3 is 2.80 bits per heavy atom. The van der Waals surface area contributed by atoms with E-state index in [1.165, 1.54) is 10.4 Å². The molecule has 0 saturated heterocycles. The van der Waals surface area contributed by atoms with Crippen LogP contribution in [-0.4, -0.2) is 26.8 Å². The molecule has 2 aromatic rings. The number of rotatable bonds is 6. The minimum atomic E-state index is 0.158. The third-order valence-electron chi connectivity index (χ3n) is 2.91. The van der Waals surface area contributed by atoms with Crippen LogP contribution in [0.15, 0.2) is 27.1 Å². The molecule has 0 spiro atoms. The van der Waals surface area contributed by atoms with Gasteiger partial charge in [0.25, 0.3) is 0 Å². The number of tetrazole rings is 1. The van der Waals surface area contributed by atoms with Gasteiger partial charge < -0.3 is 5.32 Å². The Morgan fingerprint density at radius 2 is 2.15 bits per heavy atom. The van der Waals surface area contributed by atoms with Crippen molar-refractivity contribution in [3.8, 4) is 0 Å². The largest absolute Gasteiger partial charge is 0.310 e. The first-order chi connectivity index (χ1) is 9.60. The summed E-state index contributed by atoms with van der Waals surface area (Å²) in [6.45, 7) is 3.10. The molecule has 0 bridgehead atoms. The number of halogens is 2. The van der Waals surface area contributed by atoms with E-state index in [2.05, 4.69) is 65.6 Å². The summed E-state index contributed by atoms with van der Waals surface area (Å²) in [5.41, 5.74) is 1.19. The maximum Gasteiger partial charge on any atom is 0.176 e. The van der Waals surface area contributed by atoms with Gasteiger partial charge in [0.1, 0.15) is 0 Å². The summed E-state index contributed by atoms with van der Waals surface area (Å²) < 4.78 is 2.14. The number of aryl methyl sites for hydroxylation is 1. The Hall–Kier alpha value is -0.790. The van der Waals surface area contributed by atoms with E-state index in [9.17, 15) is 0 Å². The minimum Gasteiger partial charge on any atom is -0.310 e. The van der Waals surface area contributed by atoms with Crippen LogP contribution >= 0.6 is 31.9 Å². The second-order valence-corrected chi connectivity index (χ2v) is 6.34. The van der Waals surface area contributed by atoms with Crippen LogP contribution in [-0.2, 0) is 13.5 Å². The fourth-order valence-electron chi connectivity index (χ4n) is 1.98. The molecule has 1 aromatic heterocycles. The molecule has 20 heavy (non-hydrogen) atoms. The molecule has 0 aliphatic rings. The molecular formula is C13H17Br2N5. The van der Waals surface area contributed by atoms with E-state index in [-0.39, 0.29) is 6.04 Å². The number of benzene rings is 1. The van der Waals surface area contributed by atoms with Gasteiger partial charge in [-0.15, -0.1) is 10.2 Å². The number of aromatic nitrogens is 4. The Kier molecular flexibility index (Phi) is 5.68. The van der Waals surface area contributed by atoms with Crippen molar-refractivity contribution in [1.82, 2.24) is 25.5 Å². The molecule has 5 nitrogen and oxygen atoms in total. The van der Waals surface area contributed by atoms with Crippen molar-refractivity contribution in [3.63, 3.8) is 0 Å². The van der Waals surface area contributed by atoms with Crippen molar-refractivity contribution in [3.05, 3.63) is 38.5 Å². The summed E-state index contributed by atoms with van der Waals surface area (Å²) in [6.07, 6.45) is 1.79. The molecule has 0 saturated carbocycles. The molecule has 1 unspecified atom stereocenters. The van der Waals surface area contributed by atoms with Gasteiger partial charge in [-0.1, -0.05) is 38.8 Å². The Labute approximate surface area is 135 Å². The number of hydrogen-bond acceptors (Lipinski definition) is 4. The average molecular weight is 403 g/mol. The second kappa shape index (κ2) is 7.28. The normalized spacial score (nSPS) is 12.6. The zero-order valence-corrected chi connectivity index (χ0v) is 14.6. The first-order valence-corrected chi connectivity index (χ1v) is 8.10. The number of nitrogens with one attached hydrogen (secondary N) is 1. The van der Waals surface area contributed by atoms with Crippen LogP contribution in [0.2, 0.25) is 0 Å². The first-order valence-electron chi connectivity index (χ1n) is 6.51. The molecule has 1 aromatic carbocycles. The maximum absolute atomic E-state index is 4.26. The van der Waals surface area contributed by atoms with Gasteiger partial charge in [0, 0.05) is 21.4 Å². The summed E-state index contributed by atoms with van der Waals surface area (Å²) in [4.78, 5) is 1.49. The van der Waals surface area contributed by atoms with Crippen molar-refractivity contribution < 1.29 is 0 Å². The summed E-state index contributed by atoms with van der Waals surface area (Å²) in [6, 6.07) is 6.34. The Balaban J connectivity index is 2.24. The lowest BCUT2D eigenvalue weighted by atomic mass is 10.0. The van der Waals surface area contributed by atoms with Crippen LogP contribution < -0.4 is 5.32 Å². The Bertz CT molecular complexity index is 570. The highest BCUT2D eigenvalue weighted by atomic mass is 79.9. The highest BCUT2D eigenvalue weighted by molar-refractivity contribution is 9.11. The van der Waals surface area contributed by atoms with Gasteiger partial charge in [0.2, 0.25) is 0 Å². The van der Waals surface area contributed by atoms with Crippen molar-refractivity contribution in [2.75, 3.05) is 6.54 Å². The highest BCUT2D eigenvalue weighted by Crippen LogP contribution is 2.28. The topological polar surface area (TPSA) is 55.6 Å². The van der Waals surface area contributed by atoms with Gasteiger partial charge in [-0.05, 0) is 41.9 Å². The zero-order valence-electron chi connectivity index (χ0n) is 11.5. The fraction of sp³-hybridized carbons (Fsp3) is 0.462. The van der Waals surface area contributed by atoms with Crippen LogP contribution in [0.3, 0.4) is 0 Å². The molecule has 1 heterocycles.